The lowest BCUT2D eigenvalue weighted by Crippen LogP contribution is -2.06. The Morgan fingerprint density at radius 1 is 1.44 bits per heavy atom. The first-order valence-corrected chi connectivity index (χ1v) is 4.16. The van der Waals surface area contributed by atoms with E-state index >= 15 is 0 Å². The quantitative estimate of drug-likeness (QED) is 0.536. The molecule has 55 valence electrons. The van der Waals surface area contributed by atoms with Crippen molar-refractivity contribution in [1.29, 1.82) is 0 Å². The highest BCUT2D eigenvalue weighted by atomic mass is 35.5. The molecule has 0 bridgehead atoms. The molecule has 0 atom stereocenters. The van der Waals surface area contributed by atoms with Crippen molar-refractivity contribution < 1.29 is 0 Å². The third-order valence-corrected chi connectivity index (χ3v) is 1.90. The van der Waals surface area contributed by atoms with Gasteiger partial charge in [0.15, 0.2) is 0 Å². The van der Waals surface area contributed by atoms with Crippen LogP contribution < -0.4 is 0 Å². The maximum absolute atomic E-state index is 5.70. The lowest BCUT2D eigenvalue weighted by molar-refractivity contribution is 0.602. The lowest BCUT2D eigenvalue weighted by atomic mass is 9.93. The SMILES string of the molecule is CCC[C](CCl)C(C)C. The Bertz CT molecular complexity index is 59.6. The summed E-state index contributed by atoms with van der Waals surface area (Å²) in [6.45, 7) is 6.59. The zero-order chi connectivity index (χ0) is 7.28. The van der Waals surface area contributed by atoms with E-state index in [1.165, 1.54) is 18.8 Å². The van der Waals surface area contributed by atoms with Gasteiger partial charge in [0.1, 0.15) is 0 Å². The average molecular weight is 148 g/mol. The van der Waals surface area contributed by atoms with Gasteiger partial charge in [0.25, 0.3) is 0 Å². The van der Waals surface area contributed by atoms with Gasteiger partial charge in [-0.05, 0) is 18.3 Å². The summed E-state index contributed by atoms with van der Waals surface area (Å²) in [6.07, 6.45) is 2.42. The first-order valence-electron chi connectivity index (χ1n) is 3.62. The fourth-order valence-corrected chi connectivity index (χ4v) is 1.27. The van der Waals surface area contributed by atoms with Crippen LogP contribution in [0.1, 0.15) is 33.6 Å². The maximum atomic E-state index is 5.70. The van der Waals surface area contributed by atoms with Gasteiger partial charge in [-0.25, -0.2) is 0 Å². The van der Waals surface area contributed by atoms with Gasteiger partial charge in [-0.15, -0.1) is 11.6 Å². The number of rotatable bonds is 4. The van der Waals surface area contributed by atoms with Gasteiger partial charge >= 0.3 is 0 Å². The molecule has 0 unspecified atom stereocenters. The van der Waals surface area contributed by atoms with Crippen molar-refractivity contribution in [3.05, 3.63) is 5.92 Å². The number of hydrogen-bond donors (Lipinski definition) is 0. The van der Waals surface area contributed by atoms with E-state index in [1.807, 2.05) is 0 Å². The van der Waals surface area contributed by atoms with Crippen molar-refractivity contribution in [2.45, 2.75) is 33.6 Å². The zero-order valence-electron chi connectivity index (χ0n) is 6.58. The third kappa shape index (κ3) is 3.80. The first kappa shape index (κ1) is 9.29. The van der Waals surface area contributed by atoms with Crippen LogP contribution in [0.2, 0.25) is 0 Å². The van der Waals surface area contributed by atoms with E-state index in [9.17, 15) is 0 Å². The molecule has 0 amide bonds. The summed E-state index contributed by atoms with van der Waals surface area (Å²) in [5.74, 6) is 2.90. The standard InChI is InChI=1S/C8H16Cl/c1-4-5-8(6-9)7(2)3/h7H,4-6H2,1-3H3. The van der Waals surface area contributed by atoms with Gasteiger partial charge in [-0.3, -0.25) is 0 Å². The predicted molar refractivity (Wildman–Crippen MR) is 43.7 cm³/mol. The minimum absolute atomic E-state index is 0.669. The largest absolute Gasteiger partial charge is 0.126 e. The number of halogens is 1. The number of hydrogen-bond acceptors (Lipinski definition) is 0. The van der Waals surface area contributed by atoms with Crippen molar-refractivity contribution in [2.24, 2.45) is 5.92 Å². The Balaban J connectivity index is 3.41. The van der Waals surface area contributed by atoms with Crippen LogP contribution in [0.4, 0.5) is 0 Å². The molecule has 0 N–H and O–H groups in total. The minimum atomic E-state index is 0.669. The highest BCUT2D eigenvalue weighted by molar-refractivity contribution is 6.19. The summed E-state index contributed by atoms with van der Waals surface area (Å²) in [5.41, 5.74) is 0. The topological polar surface area (TPSA) is 0 Å². The van der Waals surface area contributed by atoms with Gasteiger partial charge in [-0.1, -0.05) is 27.2 Å². The highest BCUT2D eigenvalue weighted by Gasteiger charge is 2.10. The Labute approximate surface area is 63.6 Å². The molecule has 9 heavy (non-hydrogen) atoms. The fourth-order valence-electron chi connectivity index (χ4n) is 0.831. The van der Waals surface area contributed by atoms with Gasteiger partial charge < -0.3 is 0 Å². The van der Waals surface area contributed by atoms with Crippen molar-refractivity contribution in [1.82, 2.24) is 0 Å². The molecule has 0 fully saturated rings. The summed E-state index contributed by atoms with van der Waals surface area (Å²) in [4.78, 5) is 0. The zero-order valence-corrected chi connectivity index (χ0v) is 7.33. The van der Waals surface area contributed by atoms with E-state index in [0.29, 0.717) is 5.92 Å². The van der Waals surface area contributed by atoms with Crippen molar-refractivity contribution in [3.63, 3.8) is 0 Å². The molecule has 1 radical (unpaired) electrons. The van der Waals surface area contributed by atoms with E-state index in [4.69, 9.17) is 11.6 Å². The Hall–Kier alpha value is 0.290. The van der Waals surface area contributed by atoms with E-state index in [2.05, 4.69) is 20.8 Å². The van der Waals surface area contributed by atoms with Crippen molar-refractivity contribution in [2.75, 3.05) is 5.88 Å². The normalized spacial score (nSPS) is 11.3. The molecule has 0 aromatic heterocycles. The maximum Gasteiger partial charge on any atom is 0.0288 e. The van der Waals surface area contributed by atoms with Crippen LogP contribution in [0.15, 0.2) is 0 Å². The second-order valence-electron chi connectivity index (χ2n) is 2.70. The molecule has 0 aromatic carbocycles. The van der Waals surface area contributed by atoms with Gasteiger partial charge in [-0.2, -0.15) is 0 Å². The first-order chi connectivity index (χ1) is 4.22. The van der Waals surface area contributed by atoms with Crippen molar-refractivity contribution >= 4 is 11.6 Å². The molecule has 0 aromatic rings. The lowest BCUT2D eigenvalue weighted by Gasteiger charge is -2.15. The second kappa shape index (κ2) is 5.10. The van der Waals surface area contributed by atoms with Crippen LogP contribution in [0.25, 0.3) is 0 Å². The molecule has 0 aliphatic rings. The van der Waals surface area contributed by atoms with Gasteiger partial charge in [0.05, 0.1) is 0 Å². The predicted octanol–water partition coefficient (Wildman–Crippen LogP) is 3.26. The molecule has 0 aliphatic carbocycles. The van der Waals surface area contributed by atoms with Crippen LogP contribution in [0, 0.1) is 11.8 Å². The Morgan fingerprint density at radius 3 is 2.11 bits per heavy atom. The molecule has 0 heterocycles. The van der Waals surface area contributed by atoms with Crippen LogP contribution in [-0.2, 0) is 0 Å². The van der Waals surface area contributed by atoms with Crippen LogP contribution in [0.5, 0.6) is 0 Å². The molecular weight excluding hydrogens is 132 g/mol. The summed E-state index contributed by atoms with van der Waals surface area (Å²) in [5, 5.41) is 0. The second-order valence-corrected chi connectivity index (χ2v) is 2.96. The molecule has 1 heteroatoms. The molecule has 0 saturated heterocycles. The van der Waals surface area contributed by atoms with E-state index < -0.39 is 0 Å². The molecule has 0 spiro atoms. The van der Waals surface area contributed by atoms with E-state index in [0.717, 1.165) is 5.88 Å². The van der Waals surface area contributed by atoms with Gasteiger partial charge in [0.2, 0.25) is 0 Å². The Morgan fingerprint density at radius 2 is 2.00 bits per heavy atom. The summed E-state index contributed by atoms with van der Waals surface area (Å²) in [7, 11) is 0. The smallest absolute Gasteiger partial charge is 0.0288 e. The molecule has 0 rings (SSSR count). The van der Waals surface area contributed by atoms with E-state index in [1.54, 1.807) is 0 Å². The van der Waals surface area contributed by atoms with E-state index in [-0.39, 0.29) is 0 Å². The number of alkyl halides is 1. The molecular formula is C8H16Cl. The summed E-state index contributed by atoms with van der Waals surface area (Å²) >= 11 is 5.70. The fraction of sp³-hybridized carbons (Fsp3) is 0.875. The molecule has 0 aliphatic heterocycles. The van der Waals surface area contributed by atoms with Gasteiger partial charge in [0, 0.05) is 5.88 Å². The Kier molecular flexibility index (Phi) is 5.27. The monoisotopic (exact) mass is 147 g/mol. The molecule has 0 nitrogen and oxygen atoms in total. The summed E-state index contributed by atoms with van der Waals surface area (Å²) < 4.78 is 0. The average Bonchev–Trinajstić information content (AvgIpc) is 1.82. The third-order valence-electron chi connectivity index (χ3n) is 1.56. The highest BCUT2D eigenvalue weighted by Crippen LogP contribution is 2.20. The van der Waals surface area contributed by atoms with Crippen LogP contribution >= 0.6 is 11.6 Å². The van der Waals surface area contributed by atoms with Crippen LogP contribution in [0.3, 0.4) is 0 Å². The molecule has 0 saturated carbocycles. The van der Waals surface area contributed by atoms with Crippen LogP contribution in [-0.4, -0.2) is 5.88 Å². The van der Waals surface area contributed by atoms with Crippen molar-refractivity contribution in [3.8, 4) is 0 Å². The minimum Gasteiger partial charge on any atom is -0.126 e. The summed E-state index contributed by atoms with van der Waals surface area (Å²) in [6, 6.07) is 0.